The molecule has 1 aromatic carbocycles. The third kappa shape index (κ3) is 3.10. The van der Waals surface area contributed by atoms with Gasteiger partial charge in [0, 0.05) is 12.6 Å². The predicted molar refractivity (Wildman–Crippen MR) is 71.2 cm³/mol. The molecule has 1 fully saturated rings. The first-order chi connectivity index (χ1) is 8.33. The maximum absolute atomic E-state index is 5.17. The van der Waals surface area contributed by atoms with Crippen LogP contribution in [-0.2, 0) is 6.54 Å². The van der Waals surface area contributed by atoms with Crippen molar-refractivity contribution >= 4 is 0 Å². The first-order valence-corrected chi connectivity index (χ1v) is 6.33. The normalized spacial score (nSPS) is 21.1. The van der Waals surface area contributed by atoms with Crippen LogP contribution in [0, 0.1) is 0 Å². The lowest BCUT2D eigenvalue weighted by atomic mass is 10.0. The van der Waals surface area contributed by atoms with Crippen LogP contribution in [0.2, 0.25) is 0 Å². The predicted octanol–water partition coefficient (Wildman–Crippen LogP) is 3.24. The lowest BCUT2D eigenvalue weighted by Gasteiger charge is -2.33. The van der Waals surface area contributed by atoms with Crippen molar-refractivity contribution in [1.82, 2.24) is 4.90 Å². The SMILES string of the molecule is C=CC1CCCCN1Cc1ccc(OC)cc1. The van der Waals surface area contributed by atoms with E-state index >= 15 is 0 Å². The third-order valence-electron chi connectivity index (χ3n) is 3.48. The second-order valence-corrected chi connectivity index (χ2v) is 4.62. The van der Waals surface area contributed by atoms with Gasteiger partial charge in [0.2, 0.25) is 0 Å². The van der Waals surface area contributed by atoms with Gasteiger partial charge in [0.1, 0.15) is 5.75 Å². The minimum absolute atomic E-state index is 0.547. The fourth-order valence-corrected chi connectivity index (χ4v) is 2.45. The van der Waals surface area contributed by atoms with Gasteiger partial charge in [0.05, 0.1) is 7.11 Å². The van der Waals surface area contributed by atoms with Gasteiger partial charge in [-0.25, -0.2) is 0 Å². The number of hydrogen-bond acceptors (Lipinski definition) is 2. The molecule has 0 amide bonds. The van der Waals surface area contributed by atoms with Crippen molar-refractivity contribution in [1.29, 1.82) is 0 Å². The number of benzene rings is 1. The molecule has 0 N–H and O–H groups in total. The summed E-state index contributed by atoms with van der Waals surface area (Å²) < 4.78 is 5.17. The fourth-order valence-electron chi connectivity index (χ4n) is 2.45. The molecule has 0 spiro atoms. The van der Waals surface area contributed by atoms with Gasteiger partial charge in [0.15, 0.2) is 0 Å². The summed E-state index contributed by atoms with van der Waals surface area (Å²) in [5.41, 5.74) is 1.35. The molecule has 0 saturated carbocycles. The Morgan fingerprint density at radius 1 is 1.35 bits per heavy atom. The summed E-state index contributed by atoms with van der Waals surface area (Å²) in [6.07, 6.45) is 5.97. The second-order valence-electron chi connectivity index (χ2n) is 4.62. The first kappa shape index (κ1) is 12.2. The van der Waals surface area contributed by atoms with Crippen molar-refractivity contribution in [3.63, 3.8) is 0 Å². The highest BCUT2D eigenvalue weighted by molar-refractivity contribution is 5.27. The lowest BCUT2D eigenvalue weighted by molar-refractivity contribution is 0.172. The Morgan fingerprint density at radius 2 is 2.12 bits per heavy atom. The Morgan fingerprint density at radius 3 is 2.76 bits per heavy atom. The maximum atomic E-state index is 5.17. The fraction of sp³-hybridized carbons (Fsp3) is 0.467. The molecule has 1 saturated heterocycles. The van der Waals surface area contributed by atoms with Crippen molar-refractivity contribution in [2.45, 2.75) is 31.8 Å². The number of rotatable bonds is 4. The monoisotopic (exact) mass is 231 g/mol. The standard InChI is InChI=1S/C15H21NO/c1-3-14-6-4-5-11-16(14)12-13-7-9-15(17-2)10-8-13/h3,7-10,14H,1,4-6,11-12H2,2H3. The molecule has 1 unspecified atom stereocenters. The highest BCUT2D eigenvalue weighted by Crippen LogP contribution is 2.21. The molecule has 1 heterocycles. The van der Waals surface area contributed by atoms with Gasteiger partial charge >= 0.3 is 0 Å². The highest BCUT2D eigenvalue weighted by Gasteiger charge is 2.19. The van der Waals surface area contributed by atoms with Gasteiger partial charge in [-0.15, -0.1) is 6.58 Å². The van der Waals surface area contributed by atoms with E-state index in [0.29, 0.717) is 6.04 Å². The lowest BCUT2D eigenvalue weighted by Crippen LogP contribution is -2.37. The zero-order chi connectivity index (χ0) is 12.1. The van der Waals surface area contributed by atoms with Gasteiger partial charge in [-0.3, -0.25) is 4.90 Å². The summed E-state index contributed by atoms with van der Waals surface area (Å²) in [6.45, 7) is 6.14. The summed E-state index contributed by atoms with van der Waals surface area (Å²) in [7, 11) is 1.70. The highest BCUT2D eigenvalue weighted by atomic mass is 16.5. The average molecular weight is 231 g/mol. The van der Waals surface area contributed by atoms with E-state index in [4.69, 9.17) is 4.74 Å². The minimum Gasteiger partial charge on any atom is -0.497 e. The van der Waals surface area contributed by atoms with Crippen LogP contribution in [0.1, 0.15) is 24.8 Å². The van der Waals surface area contributed by atoms with Gasteiger partial charge in [-0.1, -0.05) is 24.6 Å². The maximum Gasteiger partial charge on any atom is 0.118 e. The van der Waals surface area contributed by atoms with Crippen molar-refractivity contribution in [2.75, 3.05) is 13.7 Å². The summed E-state index contributed by atoms with van der Waals surface area (Å²) in [6, 6.07) is 8.90. The van der Waals surface area contributed by atoms with Crippen LogP contribution >= 0.6 is 0 Å². The summed E-state index contributed by atoms with van der Waals surface area (Å²) >= 11 is 0. The average Bonchev–Trinajstić information content (AvgIpc) is 2.40. The van der Waals surface area contributed by atoms with Gasteiger partial charge in [-0.2, -0.15) is 0 Å². The van der Waals surface area contributed by atoms with Gasteiger partial charge < -0.3 is 4.74 Å². The number of ether oxygens (including phenoxy) is 1. The van der Waals surface area contributed by atoms with Crippen molar-refractivity contribution in [3.8, 4) is 5.75 Å². The number of methoxy groups -OCH3 is 1. The zero-order valence-electron chi connectivity index (χ0n) is 10.6. The van der Waals surface area contributed by atoms with Gasteiger partial charge in [-0.05, 0) is 37.1 Å². The van der Waals surface area contributed by atoms with Crippen LogP contribution in [0.15, 0.2) is 36.9 Å². The molecule has 1 aliphatic rings. The van der Waals surface area contributed by atoms with Crippen molar-refractivity contribution in [3.05, 3.63) is 42.5 Å². The number of nitrogens with zero attached hydrogens (tertiary/aromatic N) is 1. The van der Waals surface area contributed by atoms with E-state index < -0.39 is 0 Å². The second kappa shape index (κ2) is 5.87. The number of likely N-dealkylation sites (tertiary alicyclic amines) is 1. The van der Waals surface area contributed by atoms with E-state index in [9.17, 15) is 0 Å². The summed E-state index contributed by atoms with van der Waals surface area (Å²) in [4.78, 5) is 2.51. The molecule has 2 rings (SSSR count). The largest absolute Gasteiger partial charge is 0.497 e. The van der Waals surface area contributed by atoms with Crippen LogP contribution in [0.25, 0.3) is 0 Å². The Bertz CT molecular complexity index is 358. The van der Waals surface area contributed by atoms with E-state index in [0.717, 1.165) is 12.3 Å². The molecule has 1 atom stereocenters. The summed E-state index contributed by atoms with van der Waals surface area (Å²) in [5, 5.41) is 0. The van der Waals surface area contributed by atoms with Crippen molar-refractivity contribution < 1.29 is 4.74 Å². The molecular weight excluding hydrogens is 210 g/mol. The molecule has 2 nitrogen and oxygen atoms in total. The summed E-state index contributed by atoms with van der Waals surface area (Å²) in [5.74, 6) is 0.924. The van der Waals surface area contributed by atoms with Crippen LogP contribution in [0.3, 0.4) is 0 Å². The Balaban J connectivity index is 2.00. The molecular formula is C15H21NO. The molecule has 0 bridgehead atoms. The van der Waals surface area contributed by atoms with Crippen LogP contribution < -0.4 is 4.74 Å². The van der Waals surface area contributed by atoms with E-state index in [1.54, 1.807) is 7.11 Å². The molecule has 0 aromatic heterocycles. The first-order valence-electron chi connectivity index (χ1n) is 6.33. The molecule has 92 valence electrons. The number of hydrogen-bond donors (Lipinski definition) is 0. The minimum atomic E-state index is 0.547. The van der Waals surface area contributed by atoms with E-state index in [1.807, 2.05) is 12.1 Å². The molecule has 17 heavy (non-hydrogen) atoms. The van der Waals surface area contributed by atoms with Crippen LogP contribution in [-0.4, -0.2) is 24.6 Å². The van der Waals surface area contributed by atoms with E-state index in [2.05, 4.69) is 29.7 Å². The van der Waals surface area contributed by atoms with Gasteiger partial charge in [0.25, 0.3) is 0 Å². The Hall–Kier alpha value is -1.28. The van der Waals surface area contributed by atoms with Crippen LogP contribution in [0.4, 0.5) is 0 Å². The van der Waals surface area contributed by atoms with E-state index in [1.165, 1.54) is 31.4 Å². The van der Waals surface area contributed by atoms with Crippen molar-refractivity contribution in [2.24, 2.45) is 0 Å². The Labute approximate surface area is 104 Å². The topological polar surface area (TPSA) is 12.5 Å². The molecule has 0 radical (unpaired) electrons. The van der Waals surface area contributed by atoms with E-state index in [-0.39, 0.29) is 0 Å². The number of piperidine rings is 1. The third-order valence-corrected chi connectivity index (χ3v) is 3.48. The molecule has 2 heteroatoms. The quantitative estimate of drug-likeness (QED) is 0.738. The molecule has 1 aliphatic heterocycles. The molecule has 0 aliphatic carbocycles. The zero-order valence-corrected chi connectivity index (χ0v) is 10.6. The Kier molecular flexibility index (Phi) is 4.21. The van der Waals surface area contributed by atoms with Crippen LogP contribution in [0.5, 0.6) is 5.75 Å². The smallest absolute Gasteiger partial charge is 0.118 e. The molecule has 1 aromatic rings.